The van der Waals surface area contributed by atoms with Gasteiger partial charge >= 0.3 is 0 Å². The molecule has 28 heavy (non-hydrogen) atoms. The molecule has 4 rings (SSSR count). The molecule has 0 radical (unpaired) electrons. The van der Waals surface area contributed by atoms with Crippen LogP contribution in [0, 0.1) is 0 Å². The molecule has 0 saturated carbocycles. The third-order valence-corrected chi connectivity index (χ3v) is 4.38. The van der Waals surface area contributed by atoms with Gasteiger partial charge in [-0.1, -0.05) is 30.3 Å². The number of ether oxygens (including phenoxy) is 2. The first kappa shape index (κ1) is 17.9. The summed E-state index contributed by atoms with van der Waals surface area (Å²) in [4.78, 5) is 16.6. The number of nitrogens with zero attached hydrogens (tertiary/aromatic N) is 1. The average Bonchev–Trinajstić information content (AvgIpc) is 2.75. The first-order valence-corrected chi connectivity index (χ1v) is 9.23. The van der Waals surface area contributed by atoms with E-state index in [4.69, 9.17) is 9.47 Å². The van der Waals surface area contributed by atoms with E-state index < -0.39 is 0 Å². The Morgan fingerprint density at radius 3 is 2.57 bits per heavy atom. The van der Waals surface area contributed by atoms with Gasteiger partial charge < -0.3 is 20.1 Å². The van der Waals surface area contributed by atoms with Crippen molar-refractivity contribution in [1.82, 2.24) is 10.3 Å². The second-order valence-corrected chi connectivity index (χ2v) is 6.41. The monoisotopic (exact) mass is 375 g/mol. The maximum absolute atomic E-state index is 12.3. The Labute approximate surface area is 163 Å². The molecule has 2 heterocycles. The van der Waals surface area contributed by atoms with Crippen LogP contribution in [0.3, 0.4) is 0 Å². The fourth-order valence-corrected chi connectivity index (χ4v) is 2.94. The average molecular weight is 375 g/mol. The molecular formula is C22H21N3O3. The van der Waals surface area contributed by atoms with Crippen LogP contribution in [-0.2, 0) is 6.42 Å². The number of hydrogen-bond acceptors (Lipinski definition) is 5. The minimum Gasteiger partial charge on any atom is -0.486 e. The van der Waals surface area contributed by atoms with Crippen molar-refractivity contribution in [2.45, 2.75) is 6.42 Å². The molecule has 142 valence electrons. The summed E-state index contributed by atoms with van der Waals surface area (Å²) < 4.78 is 11.1. The van der Waals surface area contributed by atoms with Gasteiger partial charge in [0.05, 0.1) is 5.56 Å². The van der Waals surface area contributed by atoms with Crippen molar-refractivity contribution in [3.63, 3.8) is 0 Å². The third-order valence-electron chi connectivity index (χ3n) is 4.38. The molecule has 6 heteroatoms. The molecule has 0 spiro atoms. The minimum absolute atomic E-state index is 0.130. The summed E-state index contributed by atoms with van der Waals surface area (Å²) in [6.07, 6.45) is 2.36. The number of aromatic nitrogens is 1. The maximum Gasteiger partial charge on any atom is 0.252 e. The summed E-state index contributed by atoms with van der Waals surface area (Å²) in [6, 6.07) is 19.2. The van der Waals surface area contributed by atoms with Crippen LogP contribution in [-0.4, -0.2) is 30.6 Å². The fraction of sp³-hybridized carbons (Fsp3) is 0.182. The Kier molecular flexibility index (Phi) is 5.38. The molecule has 1 aromatic heterocycles. The SMILES string of the molecule is O=C(NCCc1ccccc1)c1ccc(Nc2ccc3c(c2)OCCO3)nc1. The zero-order chi connectivity index (χ0) is 19.2. The molecule has 0 atom stereocenters. The molecule has 1 aliphatic rings. The van der Waals surface area contributed by atoms with Crippen LogP contribution in [0.5, 0.6) is 11.5 Å². The lowest BCUT2D eigenvalue weighted by Crippen LogP contribution is -2.25. The molecule has 3 aromatic rings. The van der Waals surface area contributed by atoms with Gasteiger partial charge in [0.2, 0.25) is 0 Å². The smallest absolute Gasteiger partial charge is 0.252 e. The Morgan fingerprint density at radius 2 is 1.79 bits per heavy atom. The van der Waals surface area contributed by atoms with Crippen molar-refractivity contribution in [3.8, 4) is 11.5 Å². The largest absolute Gasteiger partial charge is 0.486 e. The van der Waals surface area contributed by atoms with Gasteiger partial charge in [-0.2, -0.15) is 0 Å². The molecule has 1 aliphatic heterocycles. The number of nitrogens with one attached hydrogen (secondary N) is 2. The summed E-state index contributed by atoms with van der Waals surface area (Å²) >= 11 is 0. The number of carbonyl (C=O) groups is 1. The Bertz CT molecular complexity index is 943. The van der Waals surface area contributed by atoms with Gasteiger partial charge in [0.15, 0.2) is 11.5 Å². The van der Waals surface area contributed by atoms with Crippen molar-refractivity contribution in [1.29, 1.82) is 0 Å². The van der Waals surface area contributed by atoms with E-state index >= 15 is 0 Å². The van der Waals surface area contributed by atoms with E-state index in [0.717, 1.165) is 17.9 Å². The summed E-state index contributed by atoms with van der Waals surface area (Å²) in [5.41, 5.74) is 2.57. The number of amides is 1. The van der Waals surface area contributed by atoms with Crippen LogP contribution in [0.2, 0.25) is 0 Å². The third kappa shape index (κ3) is 4.40. The number of pyridine rings is 1. The number of carbonyl (C=O) groups excluding carboxylic acids is 1. The molecular weight excluding hydrogens is 354 g/mol. The second kappa shape index (κ2) is 8.43. The van der Waals surface area contributed by atoms with Gasteiger partial charge in [0.25, 0.3) is 5.91 Å². The van der Waals surface area contributed by atoms with Crippen molar-refractivity contribution in [2.75, 3.05) is 25.1 Å². The van der Waals surface area contributed by atoms with E-state index in [1.165, 1.54) is 5.56 Å². The van der Waals surface area contributed by atoms with Crippen LogP contribution >= 0.6 is 0 Å². The predicted octanol–water partition coefficient (Wildman–Crippen LogP) is 3.57. The highest BCUT2D eigenvalue weighted by Gasteiger charge is 2.12. The van der Waals surface area contributed by atoms with Gasteiger partial charge in [-0.25, -0.2) is 4.98 Å². The quantitative estimate of drug-likeness (QED) is 0.689. The number of benzene rings is 2. The van der Waals surface area contributed by atoms with Crippen LogP contribution in [0.1, 0.15) is 15.9 Å². The number of rotatable bonds is 6. The van der Waals surface area contributed by atoms with E-state index in [-0.39, 0.29) is 5.91 Å². The molecule has 0 fully saturated rings. The molecule has 6 nitrogen and oxygen atoms in total. The van der Waals surface area contributed by atoms with E-state index in [9.17, 15) is 4.79 Å². The van der Waals surface area contributed by atoms with Gasteiger partial charge in [0.1, 0.15) is 19.0 Å². The zero-order valence-corrected chi connectivity index (χ0v) is 15.4. The van der Waals surface area contributed by atoms with Gasteiger partial charge in [0, 0.05) is 24.5 Å². The van der Waals surface area contributed by atoms with Gasteiger partial charge in [-0.05, 0) is 36.2 Å². The molecule has 1 amide bonds. The fourth-order valence-electron chi connectivity index (χ4n) is 2.94. The van der Waals surface area contributed by atoms with Crippen LogP contribution in [0.4, 0.5) is 11.5 Å². The highest BCUT2D eigenvalue weighted by atomic mass is 16.6. The highest BCUT2D eigenvalue weighted by Crippen LogP contribution is 2.33. The Balaban J connectivity index is 1.32. The number of fused-ring (bicyclic) bond motifs is 1. The molecule has 0 saturated heterocycles. The van der Waals surface area contributed by atoms with E-state index in [0.29, 0.717) is 36.9 Å². The summed E-state index contributed by atoms with van der Waals surface area (Å²) in [5, 5.41) is 6.13. The van der Waals surface area contributed by atoms with Crippen molar-refractivity contribution in [3.05, 3.63) is 78.0 Å². The van der Waals surface area contributed by atoms with Crippen LogP contribution < -0.4 is 20.1 Å². The topological polar surface area (TPSA) is 72.5 Å². The lowest BCUT2D eigenvalue weighted by molar-refractivity contribution is 0.0954. The van der Waals surface area contributed by atoms with E-state index in [1.54, 1.807) is 18.3 Å². The lowest BCUT2D eigenvalue weighted by atomic mass is 10.1. The predicted molar refractivity (Wildman–Crippen MR) is 107 cm³/mol. The zero-order valence-electron chi connectivity index (χ0n) is 15.4. The van der Waals surface area contributed by atoms with E-state index in [2.05, 4.69) is 15.6 Å². The summed E-state index contributed by atoms with van der Waals surface area (Å²) in [7, 11) is 0. The Hall–Kier alpha value is -3.54. The van der Waals surface area contributed by atoms with Gasteiger partial charge in [-0.3, -0.25) is 4.79 Å². The normalized spacial score (nSPS) is 12.3. The minimum atomic E-state index is -0.130. The molecule has 2 aromatic carbocycles. The highest BCUT2D eigenvalue weighted by molar-refractivity contribution is 5.94. The number of anilines is 2. The number of hydrogen-bond donors (Lipinski definition) is 2. The first-order chi connectivity index (χ1) is 13.8. The van der Waals surface area contributed by atoms with Crippen molar-refractivity contribution < 1.29 is 14.3 Å². The molecule has 0 unspecified atom stereocenters. The van der Waals surface area contributed by atoms with Crippen LogP contribution in [0.25, 0.3) is 0 Å². The standard InChI is InChI=1S/C22H21N3O3/c26-22(23-11-10-16-4-2-1-3-5-16)17-6-9-21(24-15-17)25-18-7-8-19-20(14-18)28-13-12-27-19/h1-9,14-15H,10-13H2,(H,23,26)(H,24,25). The lowest BCUT2D eigenvalue weighted by Gasteiger charge is -2.19. The maximum atomic E-state index is 12.3. The summed E-state index contributed by atoms with van der Waals surface area (Å²) in [5.74, 6) is 1.98. The Morgan fingerprint density at radius 1 is 0.964 bits per heavy atom. The first-order valence-electron chi connectivity index (χ1n) is 9.23. The van der Waals surface area contributed by atoms with Crippen molar-refractivity contribution >= 4 is 17.4 Å². The summed E-state index contributed by atoms with van der Waals surface area (Å²) in [6.45, 7) is 1.69. The molecule has 0 aliphatic carbocycles. The molecule has 2 N–H and O–H groups in total. The molecule has 0 bridgehead atoms. The van der Waals surface area contributed by atoms with E-state index in [1.807, 2.05) is 48.5 Å². The van der Waals surface area contributed by atoms with Gasteiger partial charge in [-0.15, -0.1) is 0 Å². The second-order valence-electron chi connectivity index (χ2n) is 6.41. The van der Waals surface area contributed by atoms with Crippen LogP contribution in [0.15, 0.2) is 66.9 Å². The van der Waals surface area contributed by atoms with Crippen molar-refractivity contribution in [2.24, 2.45) is 0 Å².